The normalized spacial score (nSPS) is 16.1. The Balaban J connectivity index is 1.53. The number of H-pyrrole nitrogens is 1. The fourth-order valence-corrected chi connectivity index (χ4v) is 3.70. The van der Waals surface area contributed by atoms with Crippen LogP contribution in [-0.2, 0) is 11.2 Å². The van der Waals surface area contributed by atoms with Crippen molar-refractivity contribution in [2.75, 3.05) is 26.2 Å². The van der Waals surface area contributed by atoms with Crippen LogP contribution in [0.1, 0.15) is 31.2 Å². The van der Waals surface area contributed by atoms with Crippen molar-refractivity contribution >= 4 is 22.9 Å². The summed E-state index contributed by atoms with van der Waals surface area (Å²) in [5.41, 5.74) is 1.90. The van der Waals surface area contributed by atoms with Gasteiger partial charge in [-0.2, -0.15) is 0 Å². The van der Waals surface area contributed by atoms with Gasteiger partial charge in [0.1, 0.15) is 6.04 Å². The predicted molar refractivity (Wildman–Crippen MR) is 105 cm³/mol. The van der Waals surface area contributed by atoms with Crippen LogP contribution < -0.4 is 10.6 Å². The molecule has 2 amide bonds. The number of rotatable bonds is 8. The van der Waals surface area contributed by atoms with E-state index in [2.05, 4.69) is 20.5 Å². The maximum absolute atomic E-state index is 12.5. The number of carboxylic acid groups (broad SMARTS) is 1. The van der Waals surface area contributed by atoms with Gasteiger partial charge in [0.05, 0.1) is 0 Å². The average molecular weight is 372 g/mol. The largest absolute Gasteiger partial charge is 0.465 e. The van der Waals surface area contributed by atoms with Crippen molar-refractivity contribution in [1.82, 2.24) is 20.5 Å². The predicted octanol–water partition coefficient (Wildman–Crippen LogP) is 2.34. The summed E-state index contributed by atoms with van der Waals surface area (Å²) in [6.07, 6.45) is 5.65. The topological polar surface area (TPSA) is 97.5 Å². The van der Waals surface area contributed by atoms with E-state index in [1.165, 1.54) is 19.3 Å². The Bertz CT molecular complexity index is 767. The molecule has 1 unspecified atom stereocenters. The summed E-state index contributed by atoms with van der Waals surface area (Å²) in [7, 11) is 0. The molecule has 0 aliphatic carbocycles. The maximum Gasteiger partial charge on any atom is 0.405 e. The third-order valence-corrected chi connectivity index (χ3v) is 5.11. The highest BCUT2D eigenvalue weighted by atomic mass is 16.4. The summed E-state index contributed by atoms with van der Waals surface area (Å²) in [5, 5.41) is 15.4. The molecule has 2 aromatic rings. The second-order valence-electron chi connectivity index (χ2n) is 7.11. The van der Waals surface area contributed by atoms with Gasteiger partial charge in [0.25, 0.3) is 0 Å². The van der Waals surface area contributed by atoms with E-state index in [9.17, 15) is 9.59 Å². The van der Waals surface area contributed by atoms with Crippen LogP contribution in [0, 0.1) is 0 Å². The molecule has 1 fully saturated rings. The molecule has 0 bridgehead atoms. The number of aromatic amines is 1. The van der Waals surface area contributed by atoms with Crippen LogP contribution in [0.5, 0.6) is 0 Å². The van der Waals surface area contributed by atoms with Gasteiger partial charge < -0.3 is 25.6 Å². The Morgan fingerprint density at radius 2 is 1.96 bits per heavy atom. The van der Waals surface area contributed by atoms with Crippen molar-refractivity contribution in [3.63, 3.8) is 0 Å². The molecule has 146 valence electrons. The number of para-hydroxylation sites is 1. The van der Waals surface area contributed by atoms with E-state index in [0.29, 0.717) is 13.0 Å². The van der Waals surface area contributed by atoms with Gasteiger partial charge in [-0.15, -0.1) is 0 Å². The lowest BCUT2D eigenvalue weighted by Crippen LogP contribution is -2.48. The van der Waals surface area contributed by atoms with Gasteiger partial charge in [0.2, 0.25) is 5.91 Å². The molecule has 4 N–H and O–H groups in total. The van der Waals surface area contributed by atoms with Crippen molar-refractivity contribution < 1.29 is 14.7 Å². The summed E-state index contributed by atoms with van der Waals surface area (Å²) >= 11 is 0. The Kier molecular flexibility index (Phi) is 6.70. The van der Waals surface area contributed by atoms with E-state index in [1.54, 1.807) is 0 Å². The number of hydrogen-bond donors (Lipinski definition) is 4. The van der Waals surface area contributed by atoms with Gasteiger partial charge in [-0.05, 0) is 50.5 Å². The van der Waals surface area contributed by atoms with Crippen LogP contribution in [0.3, 0.4) is 0 Å². The highest BCUT2D eigenvalue weighted by Gasteiger charge is 2.22. The van der Waals surface area contributed by atoms with Crippen LogP contribution in [0.2, 0.25) is 0 Å². The van der Waals surface area contributed by atoms with E-state index >= 15 is 0 Å². The summed E-state index contributed by atoms with van der Waals surface area (Å²) in [4.78, 5) is 29.3. The minimum Gasteiger partial charge on any atom is -0.465 e. The summed E-state index contributed by atoms with van der Waals surface area (Å²) in [5.74, 6) is -0.277. The fraction of sp³-hybridized carbons (Fsp3) is 0.500. The first-order valence-corrected chi connectivity index (χ1v) is 9.68. The van der Waals surface area contributed by atoms with Gasteiger partial charge in [0.15, 0.2) is 0 Å². The second-order valence-corrected chi connectivity index (χ2v) is 7.11. The minimum atomic E-state index is -1.19. The first-order valence-electron chi connectivity index (χ1n) is 9.68. The maximum atomic E-state index is 12.5. The molecule has 0 saturated carbocycles. The summed E-state index contributed by atoms with van der Waals surface area (Å²) in [6.45, 7) is 3.80. The minimum absolute atomic E-state index is 0.277. The van der Waals surface area contributed by atoms with Gasteiger partial charge in [0, 0.05) is 30.1 Å². The van der Waals surface area contributed by atoms with Crippen LogP contribution in [0.4, 0.5) is 4.79 Å². The lowest BCUT2D eigenvalue weighted by atomic mass is 10.0. The molecule has 1 aliphatic heterocycles. The van der Waals surface area contributed by atoms with Crippen LogP contribution in [0.15, 0.2) is 30.5 Å². The molecule has 7 nitrogen and oxygen atoms in total. The van der Waals surface area contributed by atoms with E-state index in [1.807, 2.05) is 30.5 Å². The third kappa shape index (κ3) is 5.47. The lowest BCUT2D eigenvalue weighted by molar-refractivity contribution is -0.123. The molecule has 3 rings (SSSR count). The monoisotopic (exact) mass is 372 g/mol. The molecule has 2 heterocycles. The van der Waals surface area contributed by atoms with E-state index in [-0.39, 0.29) is 5.91 Å². The van der Waals surface area contributed by atoms with Gasteiger partial charge in [-0.3, -0.25) is 4.79 Å². The first kappa shape index (κ1) is 19.2. The first-order chi connectivity index (χ1) is 13.1. The third-order valence-electron chi connectivity index (χ3n) is 5.11. The highest BCUT2D eigenvalue weighted by Crippen LogP contribution is 2.19. The smallest absolute Gasteiger partial charge is 0.405 e. The van der Waals surface area contributed by atoms with Crippen LogP contribution in [0.25, 0.3) is 10.9 Å². The molecule has 0 radical (unpaired) electrons. The number of benzene rings is 1. The number of hydrogen-bond acceptors (Lipinski definition) is 3. The zero-order valence-corrected chi connectivity index (χ0v) is 15.5. The van der Waals surface area contributed by atoms with Crippen LogP contribution >= 0.6 is 0 Å². The van der Waals surface area contributed by atoms with E-state index in [4.69, 9.17) is 5.11 Å². The van der Waals surface area contributed by atoms with E-state index < -0.39 is 12.1 Å². The molecule has 1 aromatic carbocycles. The summed E-state index contributed by atoms with van der Waals surface area (Å²) in [6, 6.07) is 6.98. The number of carbonyl (C=O) groups excluding carboxylic acids is 1. The zero-order chi connectivity index (χ0) is 19.1. The molecule has 1 saturated heterocycles. The van der Waals surface area contributed by atoms with Gasteiger partial charge in [-0.1, -0.05) is 24.6 Å². The molecular formula is C20H28N4O3. The number of aromatic nitrogens is 1. The number of likely N-dealkylation sites (tertiary alicyclic amines) is 1. The number of piperidine rings is 1. The molecule has 1 atom stereocenters. The van der Waals surface area contributed by atoms with Gasteiger partial charge in [-0.25, -0.2) is 4.79 Å². The zero-order valence-electron chi connectivity index (χ0n) is 15.5. The number of fused-ring (bicyclic) bond motifs is 1. The number of carbonyl (C=O) groups is 2. The number of nitrogens with one attached hydrogen (secondary N) is 3. The van der Waals surface area contributed by atoms with Crippen molar-refractivity contribution in [2.24, 2.45) is 0 Å². The van der Waals surface area contributed by atoms with Crippen molar-refractivity contribution in [3.8, 4) is 0 Å². The van der Waals surface area contributed by atoms with Crippen LogP contribution in [-0.4, -0.2) is 59.2 Å². The quantitative estimate of drug-likeness (QED) is 0.535. The molecular weight excluding hydrogens is 344 g/mol. The Labute approximate surface area is 159 Å². The average Bonchev–Trinajstić information content (AvgIpc) is 3.08. The SMILES string of the molecule is O=C(O)NC(Cc1c[nH]c2ccccc12)C(=O)NCCCN1CCCCC1. The molecule has 1 aromatic heterocycles. The van der Waals surface area contributed by atoms with Crippen molar-refractivity contribution in [2.45, 2.75) is 38.1 Å². The Hall–Kier alpha value is -2.54. The summed E-state index contributed by atoms with van der Waals surface area (Å²) < 4.78 is 0. The Morgan fingerprint density at radius 1 is 1.19 bits per heavy atom. The number of amides is 2. The van der Waals surface area contributed by atoms with Gasteiger partial charge >= 0.3 is 6.09 Å². The van der Waals surface area contributed by atoms with Crippen molar-refractivity contribution in [3.05, 3.63) is 36.0 Å². The molecule has 27 heavy (non-hydrogen) atoms. The fourth-order valence-electron chi connectivity index (χ4n) is 3.70. The second kappa shape index (κ2) is 9.41. The highest BCUT2D eigenvalue weighted by molar-refractivity contribution is 5.88. The van der Waals surface area contributed by atoms with Crippen molar-refractivity contribution in [1.29, 1.82) is 0 Å². The number of nitrogens with zero attached hydrogens (tertiary/aromatic N) is 1. The molecule has 0 spiro atoms. The molecule has 7 heteroatoms. The standard InChI is InChI=1S/C20H28N4O3/c25-19(21-9-6-12-24-10-4-1-5-11-24)18(23-20(26)27)13-15-14-22-17-8-3-2-7-16(15)17/h2-3,7-8,14,18,22-23H,1,4-6,9-13H2,(H,21,25)(H,26,27). The lowest BCUT2D eigenvalue weighted by Gasteiger charge is -2.26. The Morgan fingerprint density at radius 3 is 2.74 bits per heavy atom. The molecule has 1 aliphatic rings. The van der Waals surface area contributed by atoms with E-state index in [0.717, 1.165) is 42.5 Å².